The van der Waals surface area contributed by atoms with Crippen molar-refractivity contribution >= 4 is 16.6 Å². The Bertz CT molecular complexity index is 388. The first-order chi connectivity index (χ1) is 10.6. The molecule has 0 atom stereocenters. The highest BCUT2D eigenvalue weighted by Crippen LogP contribution is 2.30. The lowest BCUT2D eigenvalue weighted by Crippen LogP contribution is -2.37. The Morgan fingerprint density at radius 3 is 1.57 bits per heavy atom. The summed E-state index contributed by atoms with van der Waals surface area (Å²) < 4.78 is 12.9. The van der Waals surface area contributed by atoms with Gasteiger partial charge in [-0.1, -0.05) is 19.3 Å². The van der Waals surface area contributed by atoms with Gasteiger partial charge in [0, 0.05) is 32.0 Å². The van der Waals surface area contributed by atoms with E-state index in [4.69, 9.17) is 8.85 Å². The third kappa shape index (κ3) is 6.63. The van der Waals surface area contributed by atoms with E-state index in [1.807, 2.05) is 0 Å². The van der Waals surface area contributed by atoms with Gasteiger partial charge in [0.2, 0.25) is 16.6 Å². The number of nitrogens with zero attached hydrogens (tertiary/aromatic N) is 1. The van der Waals surface area contributed by atoms with Crippen molar-refractivity contribution in [3.63, 3.8) is 0 Å². The van der Waals surface area contributed by atoms with Crippen LogP contribution in [0, 0.1) is 0 Å². The van der Waals surface area contributed by atoms with Crippen LogP contribution in [0.15, 0.2) is 11.5 Å². The summed E-state index contributed by atoms with van der Waals surface area (Å²) in [5.74, 6) is 2.34. The minimum absolute atomic E-state index is 0.795. The van der Waals surface area contributed by atoms with Gasteiger partial charge in [-0.15, -0.1) is 0 Å². The van der Waals surface area contributed by atoms with Gasteiger partial charge in [0.25, 0.3) is 0 Å². The first-order valence-corrected chi connectivity index (χ1v) is 16.3. The van der Waals surface area contributed by atoms with E-state index in [2.05, 4.69) is 44.2 Å². The number of rotatable bonds is 5. The molecule has 1 fully saturated rings. The van der Waals surface area contributed by atoms with Gasteiger partial charge in [-0.05, 0) is 52.1 Å². The number of hydrogen-bond acceptors (Lipinski definition) is 3. The molecule has 5 heteroatoms. The standard InChI is InChI=1S/C18H37NO2Si2/c1-22(2,3)20-17-12-14-19(16-10-8-7-9-11-16)15-13-18(17)21-23(4,5)6/h16H,7-15H2,1-6H3. The Hall–Kier alpha value is -0.266. The van der Waals surface area contributed by atoms with Crippen molar-refractivity contribution in [2.24, 2.45) is 0 Å². The lowest BCUT2D eigenvalue weighted by atomic mass is 9.94. The second-order valence-corrected chi connectivity index (χ2v) is 18.0. The summed E-state index contributed by atoms with van der Waals surface area (Å²) in [6.07, 6.45) is 9.07. The molecule has 1 aliphatic carbocycles. The molecule has 0 aromatic heterocycles. The normalized spacial score (nSPS) is 22.9. The van der Waals surface area contributed by atoms with Crippen LogP contribution in [0.5, 0.6) is 0 Å². The van der Waals surface area contributed by atoms with Crippen LogP contribution in [0.2, 0.25) is 39.3 Å². The van der Waals surface area contributed by atoms with Crippen molar-refractivity contribution in [2.45, 2.75) is 90.3 Å². The van der Waals surface area contributed by atoms with E-state index in [0.717, 1.165) is 32.0 Å². The van der Waals surface area contributed by atoms with Gasteiger partial charge < -0.3 is 8.85 Å². The van der Waals surface area contributed by atoms with E-state index in [1.165, 1.54) is 43.6 Å². The van der Waals surface area contributed by atoms with Gasteiger partial charge in [0.05, 0.1) is 0 Å². The first kappa shape index (κ1) is 19.1. The Morgan fingerprint density at radius 1 is 0.739 bits per heavy atom. The zero-order valence-corrected chi connectivity index (χ0v) is 18.2. The molecule has 0 spiro atoms. The highest BCUT2D eigenvalue weighted by molar-refractivity contribution is 6.70. The van der Waals surface area contributed by atoms with Crippen molar-refractivity contribution in [1.29, 1.82) is 0 Å². The molecule has 0 saturated heterocycles. The Morgan fingerprint density at radius 2 is 1.17 bits per heavy atom. The molecule has 0 aromatic carbocycles. The molecule has 0 aromatic rings. The molecule has 1 saturated carbocycles. The van der Waals surface area contributed by atoms with Gasteiger partial charge in [-0.3, -0.25) is 4.90 Å². The zero-order chi connectivity index (χ0) is 17.1. The van der Waals surface area contributed by atoms with E-state index in [1.54, 1.807) is 0 Å². The molecular weight excluding hydrogens is 318 g/mol. The molecule has 0 unspecified atom stereocenters. The smallest absolute Gasteiger partial charge is 0.241 e. The summed E-state index contributed by atoms with van der Waals surface area (Å²) in [5, 5.41) is 0. The second kappa shape index (κ2) is 7.74. The van der Waals surface area contributed by atoms with E-state index in [-0.39, 0.29) is 0 Å². The summed E-state index contributed by atoms with van der Waals surface area (Å²) in [5.41, 5.74) is 0. The van der Waals surface area contributed by atoms with Crippen molar-refractivity contribution in [1.82, 2.24) is 4.90 Å². The quantitative estimate of drug-likeness (QED) is 0.622. The van der Waals surface area contributed by atoms with Crippen LogP contribution < -0.4 is 0 Å². The maximum atomic E-state index is 6.44. The van der Waals surface area contributed by atoms with Gasteiger partial charge in [-0.2, -0.15) is 0 Å². The van der Waals surface area contributed by atoms with Crippen LogP contribution in [0.4, 0.5) is 0 Å². The molecule has 0 amide bonds. The molecule has 134 valence electrons. The van der Waals surface area contributed by atoms with Crippen molar-refractivity contribution in [2.75, 3.05) is 13.1 Å². The van der Waals surface area contributed by atoms with Crippen LogP contribution >= 0.6 is 0 Å². The van der Waals surface area contributed by atoms with Crippen molar-refractivity contribution in [3.8, 4) is 0 Å². The average Bonchev–Trinajstić information content (AvgIpc) is 2.60. The summed E-state index contributed by atoms with van der Waals surface area (Å²) in [7, 11) is -3.17. The minimum Gasteiger partial charge on any atom is -0.545 e. The third-order valence-corrected chi connectivity index (χ3v) is 6.23. The predicted molar refractivity (Wildman–Crippen MR) is 104 cm³/mol. The highest BCUT2D eigenvalue weighted by Gasteiger charge is 2.29. The molecular formula is C18H37NO2Si2. The van der Waals surface area contributed by atoms with Crippen LogP contribution in [0.1, 0.15) is 44.9 Å². The van der Waals surface area contributed by atoms with E-state index in [0.29, 0.717) is 0 Å². The van der Waals surface area contributed by atoms with Crippen molar-refractivity contribution < 1.29 is 8.85 Å². The minimum atomic E-state index is -1.59. The molecule has 3 nitrogen and oxygen atoms in total. The maximum Gasteiger partial charge on any atom is 0.241 e. The van der Waals surface area contributed by atoms with Crippen LogP contribution in [-0.2, 0) is 8.85 Å². The SMILES string of the molecule is C[Si](C)(C)OC1=C(O[Si](C)(C)C)CCN(C2CCCCC2)CC1. The molecule has 23 heavy (non-hydrogen) atoms. The van der Waals surface area contributed by atoms with Gasteiger partial charge in [-0.25, -0.2) is 0 Å². The first-order valence-electron chi connectivity index (χ1n) is 9.48. The average molecular weight is 356 g/mol. The Balaban J connectivity index is 2.08. The van der Waals surface area contributed by atoms with E-state index in [9.17, 15) is 0 Å². The lowest BCUT2D eigenvalue weighted by molar-refractivity contribution is 0.158. The van der Waals surface area contributed by atoms with E-state index >= 15 is 0 Å². The molecule has 1 heterocycles. The lowest BCUT2D eigenvalue weighted by Gasteiger charge is -2.33. The Kier molecular flexibility index (Phi) is 6.42. The fraction of sp³-hybridized carbons (Fsp3) is 0.889. The highest BCUT2D eigenvalue weighted by atomic mass is 28.4. The second-order valence-electron chi connectivity index (χ2n) is 9.10. The Labute approximate surface area is 145 Å². The van der Waals surface area contributed by atoms with Gasteiger partial charge in [0.1, 0.15) is 11.5 Å². The predicted octanol–water partition coefficient (Wildman–Crippen LogP) is 5.33. The fourth-order valence-electron chi connectivity index (χ4n) is 3.65. The zero-order valence-electron chi connectivity index (χ0n) is 16.2. The molecule has 0 bridgehead atoms. The monoisotopic (exact) mass is 355 g/mol. The van der Waals surface area contributed by atoms with Gasteiger partial charge >= 0.3 is 0 Å². The third-order valence-electron chi connectivity index (χ3n) is 4.51. The van der Waals surface area contributed by atoms with Crippen molar-refractivity contribution in [3.05, 3.63) is 11.5 Å². The fourth-order valence-corrected chi connectivity index (χ4v) is 5.56. The van der Waals surface area contributed by atoms with Crippen LogP contribution in [-0.4, -0.2) is 40.7 Å². The number of hydrogen-bond donors (Lipinski definition) is 0. The summed E-state index contributed by atoms with van der Waals surface area (Å²) >= 11 is 0. The molecule has 1 aliphatic heterocycles. The largest absolute Gasteiger partial charge is 0.545 e. The van der Waals surface area contributed by atoms with Crippen LogP contribution in [0.3, 0.4) is 0 Å². The summed E-state index contributed by atoms with van der Waals surface area (Å²) in [6, 6.07) is 0.795. The van der Waals surface area contributed by atoms with Crippen LogP contribution in [0.25, 0.3) is 0 Å². The topological polar surface area (TPSA) is 21.7 Å². The summed E-state index contributed by atoms with van der Waals surface area (Å²) in [4.78, 5) is 2.72. The molecule has 0 N–H and O–H groups in total. The molecule has 2 rings (SSSR count). The van der Waals surface area contributed by atoms with E-state index < -0.39 is 16.6 Å². The molecule has 0 radical (unpaired) electrons. The summed E-state index contributed by atoms with van der Waals surface area (Å²) in [6.45, 7) is 15.9. The van der Waals surface area contributed by atoms with Gasteiger partial charge in [0.15, 0.2) is 0 Å². The maximum absolute atomic E-state index is 6.44. The molecule has 2 aliphatic rings.